The Hall–Kier alpha value is -4.15. The van der Waals surface area contributed by atoms with Gasteiger partial charge in [-0.15, -0.1) is 0 Å². The lowest BCUT2D eigenvalue weighted by Gasteiger charge is -2.37. The van der Waals surface area contributed by atoms with Gasteiger partial charge >= 0.3 is 0 Å². The van der Waals surface area contributed by atoms with E-state index in [2.05, 4.69) is 15.1 Å². The van der Waals surface area contributed by atoms with E-state index < -0.39 is 6.04 Å². The lowest BCUT2D eigenvalue weighted by Crippen LogP contribution is -2.53. The molecule has 3 heterocycles. The lowest BCUT2D eigenvalue weighted by molar-refractivity contribution is -0.124. The molecular formula is C29H31N5O5. The van der Waals surface area contributed by atoms with E-state index in [1.165, 1.54) is 24.0 Å². The molecule has 10 nitrogen and oxygen atoms in total. The number of hydrogen-bond donors (Lipinski definition) is 1. The highest BCUT2D eigenvalue weighted by molar-refractivity contribution is 6.28. The molecule has 5 amide bonds. The summed E-state index contributed by atoms with van der Waals surface area (Å²) in [6, 6.07) is 14.2. The van der Waals surface area contributed by atoms with Gasteiger partial charge in [0.15, 0.2) is 0 Å². The van der Waals surface area contributed by atoms with Crippen molar-refractivity contribution in [3.63, 3.8) is 0 Å². The van der Waals surface area contributed by atoms with E-state index >= 15 is 0 Å². The molecule has 0 aromatic heterocycles. The monoisotopic (exact) mass is 529 g/mol. The summed E-state index contributed by atoms with van der Waals surface area (Å²) in [5.41, 5.74) is 3.11. The van der Waals surface area contributed by atoms with Crippen LogP contribution < -0.4 is 15.1 Å². The third-order valence-electron chi connectivity index (χ3n) is 7.38. The molecule has 1 unspecified atom stereocenters. The van der Waals surface area contributed by atoms with Crippen LogP contribution in [-0.4, -0.2) is 84.6 Å². The second-order valence-corrected chi connectivity index (χ2v) is 10.0. The molecule has 2 fully saturated rings. The van der Waals surface area contributed by atoms with Crippen LogP contribution in [0.3, 0.4) is 0 Å². The Morgan fingerprint density at radius 3 is 1.87 bits per heavy atom. The van der Waals surface area contributed by atoms with Gasteiger partial charge in [0, 0.05) is 58.3 Å². The predicted octanol–water partition coefficient (Wildman–Crippen LogP) is 1.09. The number of benzene rings is 2. The SMILES string of the molecule is CC(=O)NCCN1CCN(C2CC(=O)N(c3ccc(Cc4ccc(N5C(=O)C=CC5=O)cc4)cc3)C2=O)CC1. The number of carbonyl (C=O) groups is 5. The summed E-state index contributed by atoms with van der Waals surface area (Å²) in [4.78, 5) is 67.7. The third kappa shape index (κ3) is 5.81. The number of rotatable bonds is 8. The van der Waals surface area contributed by atoms with Gasteiger partial charge in [-0.3, -0.25) is 33.8 Å². The Morgan fingerprint density at radius 2 is 1.33 bits per heavy atom. The molecule has 2 aromatic carbocycles. The van der Waals surface area contributed by atoms with Crippen LogP contribution in [-0.2, 0) is 30.4 Å². The molecule has 0 radical (unpaired) electrons. The summed E-state index contributed by atoms with van der Waals surface area (Å²) in [7, 11) is 0. The number of imide groups is 2. The molecular weight excluding hydrogens is 498 g/mol. The molecule has 2 aromatic rings. The van der Waals surface area contributed by atoms with E-state index in [9.17, 15) is 24.0 Å². The number of amides is 5. The summed E-state index contributed by atoms with van der Waals surface area (Å²) in [5.74, 6) is -1.12. The first-order valence-corrected chi connectivity index (χ1v) is 13.1. The Morgan fingerprint density at radius 1 is 0.795 bits per heavy atom. The van der Waals surface area contributed by atoms with Crippen LogP contribution in [0.15, 0.2) is 60.7 Å². The Balaban J connectivity index is 1.16. The van der Waals surface area contributed by atoms with E-state index in [-0.39, 0.29) is 36.0 Å². The average Bonchev–Trinajstić information content (AvgIpc) is 3.42. The minimum Gasteiger partial charge on any atom is -0.355 e. The summed E-state index contributed by atoms with van der Waals surface area (Å²) >= 11 is 0. The van der Waals surface area contributed by atoms with Crippen molar-refractivity contribution in [1.82, 2.24) is 15.1 Å². The van der Waals surface area contributed by atoms with Crippen molar-refractivity contribution >= 4 is 40.9 Å². The number of nitrogens with zero attached hydrogens (tertiary/aromatic N) is 4. The Labute approximate surface area is 226 Å². The summed E-state index contributed by atoms with van der Waals surface area (Å²) in [6.45, 7) is 5.84. The van der Waals surface area contributed by atoms with E-state index in [1.54, 1.807) is 24.3 Å². The van der Waals surface area contributed by atoms with Gasteiger partial charge in [-0.05, 0) is 41.8 Å². The van der Waals surface area contributed by atoms with Gasteiger partial charge in [-0.25, -0.2) is 9.80 Å². The van der Waals surface area contributed by atoms with Crippen molar-refractivity contribution in [3.05, 3.63) is 71.8 Å². The fourth-order valence-electron chi connectivity index (χ4n) is 5.28. The molecule has 2 saturated heterocycles. The molecule has 39 heavy (non-hydrogen) atoms. The minimum atomic E-state index is -0.447. The van der Waals surface area contributed by atoms with Gasteiger partial charge < -0.3 is 5.32 Å². The smallest absolute Gasteiger partial charge is 0.258 e. The zero-order valence-electron chi connectivity index (χ0n) is 21.8. The van der Waals surface area contributed by atoms with Crippen LogP contribution in [0.5, 0.6) is 0 Å². The van der Waals surface area contributed by atoms with E-state index in [0.717, 1.165) is 35.7 Å². The van der Waals surface area contributed by atoms with Crippen molar-refractivity contribution in [2.45, 2.75) is 25.8 Å². The normalized spacial score (nSPS) is 20.4. The van der Waals surface area contributed by atoms with Crippen molar-refractivity contribution in [2.24, 2.45) is 0 Å². The molecule has 0 aliphatic carbocycles. The molecule has 202 valence electrons. The molecule has 3 aliphatic heterocycles. The van der Waals surface area contributed by atoms with Crippen molar-refractivity contribution < 1.29 is 24.0 Å². The van der Waals surface area contributed by atoms with E-state index in [0.29, 0.717) is 37.4 Å². The maximum absolute atomic E-state index is 13.3. The van der Waals surface area contributed by atoms with E-state index in [1.807, 2.05) is 24.3 Å². The Bertz CT molecular complexity index is 1290. The second-order valence-electron chi connectivity index (χ2n) is 10.0. The number of anilines is 2. The second kappa shape index (κ2) is 11.3. The summed E-state index contributed by atoms with van der Waals surface area (Å²) in [5, 5.41) is 2.80. The van der Waals surface area contributed by atoms with Gasteiger partial charge in [-0.1, -0.05) is 24.3 Å². The number of carbonyl (C=O) groups excluding carboxylic acids is 5. The number of nitrogens with one attached hydrogen (secondary N) is 1. The fraction of sp³-hybridized carbons (Fsp3) is 0.345. The highest BCUT2D eigenvalue weighted by Gasteiger charge is 2.43. The molecule has 5 rings (SSSR count). The van der Waals surface area contributed by atoms with Crippen LogP contribution in [0.2, 0.25) is 0 Å². The highest BCUT2D eigenvalue weighted by Crippen LogP contribution is 2.27. The van der Waals surface area contributed by atoms with Gasteiger partial charge in [0.1, 0.15) is 0 Å². The topological polar surface area (TPSA) is 110 Å². The van der Waals surface area contributed by atoms with Gasteiger partial charge in [-0.2, -0.15) is 0 Å². The largest absolute Gasteiger partial charge is 0.355 e. The summed E-state index contributed by atoms with van der Waals surface area (Å²) < 4.78 is 0. The van der Waals surface area contributed by atoms with Crippen molar-refractivity contribution in [3.8, 4) is 0 Å². The van der Waals surface area contributed by atoms with Crippen molar-refractivity contribution in [1.29, 1.82) is 0 Å². The molecule has 1 atom stereocenters. The van der Waals surface area contributed by atoms with Crippen LogP contribution in [0.25, 0.3) is 0 Å². The standard InChI is InChI=1S/C29H31N5O5/c1-20(35)30-12-13-31-14-16-32(17-15-31)25-19-28(38)34(29(25)39)24-8-4-22(5-9-24)18-21-2-6-23(7-3-21)33-26(36)10-11-27(33)37/h2-11,25H,12-19H2,1H3,(H,30,35). The Kier molecular flexibility index (Phi) is 7.67. The summed E-state index contributed by atoms with van der Waals surface area (Å²) in [6.07, 6.45) is 3.32. The minimum absolute atomic E-state index is 0.0427. The zero-order valence-corrected chi connectivity index (χ0v) is 21.8. The first-order valence-electron chi connectivity index (χ1n) is 13.1. The molecule has 10 heteroatoms. The molecule has 1 N–H and O–H groups in total. The number of piperazine rings is 1. The lowest BCUT2D eigenvalue weighted by atomic mass is 10.0. The third-order valence-corrected chi connectivity index (χ3v) is 7.38. The first kappa shape index (κ1) is 26.5. The average molecular weight is 530 g/mol. The zero-order chi connectivity index (χ0) is 27.5. The van der Waals surface area contributed by atoms with Gasteiger partial charge in [0.25, 0.3) is 17.7 Å². The van der Waals surface area contributed by atoms with Gasteiger partial charge in [0.2, 0.25) is 11.8 Å². The van der Waals surface area contributed by atoms with Crippen LogP contribution in [0, 0.1) is 0 Å². The maximum atomic E-state index is 13.3. The number of hydrogen-bond acceptors (Lipinski definition) is 7. The molecule has 0 bridgehead atoms. The van der Waals surface area contributed by atoms with Crippen LogP contribution in [0.4, 0.5) is 11.4 Å². The fourth-order valence-corrected chi connectivity index (χ4v) is 5.28. The van der Waals surface area contributed by atoms with Gasteiger partial charge in [0.05, 0.1) is 23.8 Å². The predicted molar refractivity (Wildman–Crippen MR) is 145 cm³/mol. The van der Waals surface area contributed by atoms with Crippen LogP contribution >= 0.6 is 0 Å². The quantitative estimate of drug-likeness (QED) is 0.510. The molecule has 0 saturated carbocycles. The van der Waals surface area contributed by atoms with Crippen LogP contribution in [0.1, 0.15) is 24.5 Å². The molecule has 0 spiro atoms. The highest BCUT2D eigenvalue weighted by atomic mass is 16.2. The maximum Gasteiger partial charge on any atom is 0.258 e. The molecule has 3 aliphatic rings. The van der Waals surface area contributed by atoms with Crippen molar-refractivity contribution in [2.75, 3.05) is 49.1 Å². The first-order chi connectivity index (χ1) is 18.8. The van der Waals surface area contributed by atoms with E-state index in [4.69, 9.17) is 0 Å².